The molecule has 7 heteroatoms. The summed E-state index contributed by atoms with van der Waals surface area (Å²) in [5.74, 6) is 0.610. The number of nitrogens with one attached hydrogen (secondary N) is 2. The summed E-state index contributed by atoms with van der Waals surface area (Å²) in [4.78, 5) is 0.257. The van der Waals surface area contributed by atoms with Crippen molar-refractivity contribution < 1.29 is 13.2 Å². The van der Waals surface area contributed by atoms with Crippen molar-refractivity contribution in [1.29, 1.82) is 0 Å². The molecule has 1 atom stereocenters. The Balaban J connectivity index is 1.77. The number of nitrogens with zero attached hydrogens (tertiary/aromatic N) is 1. The summed E-state index contributed by atoms with van der Waals surface area (Å²) in [5.41, 5.74) is 0.579. The third-order valence-corrected chi connectivity index (χ3v) is 6.60. The van der Waals surface area contributed by atoms with Gasteiger partial charge in [0.25, 0.3) is 0 Å². The van der Waals surface area contributed by atoms with Crippen LogP contribution in [0.4, 0.5) is 0 Å². The first-order valence-corrected chi connectivity index (χ1v) is 11.1. The number of hydrogen-bond donors (Lipinski definition) is 2. The van der Waals surface area contributed by atoms with Gasteiger partial charge < -0.3 is 10.1 Å². The molecule has 0 spiro atoms. The minimum Gasteiger partial charge on any atom is -0.489 e. The van der Waals surface area contributed by atoms with Crippen molar-refractivity contribution in [3.63, 3.8) is 0 Å². The van der Waals surface area contributed by atoms with Crippen LogP contribution in [0, 0.1) is 0 Å². The van der Waals surface area contributed by atoms with Gasteiger partial charge in [0.15, 0.2) is 5.03 Å². The van der Waals surface area contributed by atoms with Gasteiger partial charge in [-0.1, -0.05) is 43.3 Å². The number of benzene rings is 3. The molecule has 4 aromatic rings. The summed E-state index contributed by atoms with van der Waals surface area (Å²) < 4.78 is 32.9. The van der Waals surface area contributed by atoms with Gasteiger partial charge in [0.05, 0.1) is 10.4 Å². The Morgan fingerprint density at radius 3 is 2.69 bits per heavy atom. The molecule has 4 rings (SSSR count). The first kappa shape index (κ1) is 19.4. The Kier molecular flexibility index (Phi) is 5.25. The molecule has 2 N–H and O–H groups in total. The van der Waals surface area contributed by atoms with Crippen LogP contribution < -0.4 is 10.1 Å². The van der Waals surface area contributed by atoms with Gasteiger partial charge in [-0.25, -0.2) is 8.42 Å². The van der Waals surface area contributed by atoms with Crippen LogP contribution in [0.2, 0.25) is 0 Å². The van der Waals surface area contributed by atoms with Crippen LogP contribution in [0.15, 0.2) is 70.6 Å². The molecule has 1 unspecified atom stereocenters. The Morgan fingerprint density at radius 2 is 1.86 bits per heavy atom. The average molecular weight is 410 g/mol. The maximum Gasteiger partial charge on any atom is 0.224 e. The van der Waals surface area contributed by atoms with E-state index in [2.05, 4.69) is 15.5 Å². The molecule has 0 saturated carbocycles. The molecule has 0 bridgehead atoms. The summed E-state index contributed by atoms with van der Waals surface area (Å²) in [6, 6.07) is 18.0. The zero-order chi connectivity index (χ0) is 20.4. The fraction of sp³-hybridized carbons (Fsp3) is 0.227. The van der Waals surface area contributed by atoms with Crippen LogP contribution in [-0.2, 0) is 9.84 Å². The summed E-state index contributed by atoms with van der Waals surface area (Å²) in [6.45, 7) is 5.58. The van der Waals surface area contributed by atoms with E-state index in [9.17, 15) is 8.42 Å². The number of aromatic amines is 1. The lowest BCUT2D eigenvalue weighted by molar-refractivity contribution is 0.218. The fourth-order valence-corrected chi connectivity index (χ4v) is 4.98. The number of likely N-dealkylation sites (N-methyl/N-ethyl adjacent to an activating group) is 1. The molecule has 0 saturated heterocycles. The van der Waals surface area contributed by atoms with E-state index in [1.165, 1.54) is 0 Å². The summed E-state index contributed by atoms with van der Waals surface area (Å²) >= 11 is 0. The van der Waals surface area contributed by atoms with E-state index in [4.69, 9.17) is 4.74 Å². The van der Waals surface area contributed by atoms with Gasteiger partial charge >= 0.3 is 0 Å². The van der Waals surface area contributed by atoms with Gasteiger partial charge in [0.2, 0.25) is 9.84 Å². The second-order valence-corrected chi connectivity index (χ2v) is 8.80. The molecule has 1 heterocycles. The largest absolute Gasteiger partial charge is 0.489 e. The molecule has 0 fully saturated rings. The number of fused-ring (bicyclic) bond motifs is 2. The van der Waals surface area contributed by atoms with E-state index in [1.54, 1.807) is 30.3 Å². The highest BCUT2D eigenvalue weighted by atomic mass is 32.2. The molecule has 0 aliphatic carbocycles. The molecule has 0 aliphatic heterocycles. The lowest BCUT2D eigenvalue weighted by atomic mass is 10.1. The first-order valence-electron chi connectivity index (χ1n) is 9.59. The minimum atomic E-state index is -3.79. The minimum absolute atomic E-state index is 0.0441. The van der Waals surface area contributed by atoms with Crippen LogP contribution in [-0.4, -0.2) is 37.8 Å². The van der Waals surface area contributed by atoms with Crippen molar-refractivity contribution in [2.24, 2.45) is 0 Å². The molecule has 0 radical (unpaired) electrons. The molecule has 29 heavy (non-hydrogen) atoms. The Bertz CT molecular complexity index is 1260. The second-order valence-electron chi connectivity index (χ2n) is 6.95. The number of aromatic nitrogens is 2. The topological polar surface area (TPSA) is 84.1 Å². The predicted octanol–water partition coefficient (Wildman–Crippen LogP) is 3.93. The van der Waals surface area contributed by atoms with E-state index in [-0.39, 0.29) is 16.0 Å². The molecular weight excluding hydrogens is 386 g/mol. The van der Waals surface area contributed by atoms with Gasteiger partial charge in [-0.15, -0.1) is 0 Å². The van der Waals surface area contributed by atoms with E-state index < -0.39 is 9.84 Å². The van der Waals surface area contributed by atoms with Crippen molar-refractivity contribution in [2.45, 2.75) is 29.9 Å². The molecule has 0 amide bonds. The van der Waals surface area contributed by atoms with Crippen molar-refractivity contribution in [3.05, 3.63) is 60.7 Å². The third-order valence-electron chi connectivity index (χ3n) is 4.82. The van der Waals surface area contributed by atoms with Crippen LogP contribution >= 0.6 is 0 Å². The SMILES string of the molecule is CCNCC(C)Oc1ccc2n[nH]c(S(=O)(=O)c3cccc4ccccc34)c2c1. The van der Waals surface area contributed by atoms with Gasteiger partial charge in [0, 0.05) is 17.3 Å². The van der Waals surface area contributed by atoms with Crippen LogP contribution in [0.1, 0.15) is 13.8 Å². The predicted molar refractivity (Wildman–Crippen MR) is 114 cm³/mol. The summed E-state index contributed by atoms with van der Waals surface area (Å²) in [7, 11) is -3.79. The van der Waals surface area contributed by atoms with E-state index in [0.29, 0.717) is 28.6 Å². The lowest BCUT2D eigenvalue weighted by Crippen LogP contribution is -2.28. The highest BCUT2D eigenvalue weighted by molar-refractivity contribution is 7.91. The number of H-pyrrole nitrogens is 1. The molecule has 6 nitrogen and oxygen atoms in total. The highest BCUT2D eigenvalue weighted by Gasteiger charge is 2.25. The Labute approximate surface area is 169 Å². The Morgan fingerprint density at radius 1 is 1.07 bits per heavy atom. The normalized spacial score (nSPS) is 13.0. The van der Waals surface area contributed by atoms with Crippen molar-refractivity contribution in [1.82, 2.24) is 15.5 Å². The molecule has 150 valence electrons. The van der Waals surface area contributed by atoms with Gasteiger partial charge in [-0.2, -0.15) is 5.10 Å². The van der Waals surface area contributed by atoms with Gasteiger partial charge in [-0.05, 0) is 43.1 Å². The number of sulfone groups is 1. The highest BCUT2D eigenvalue weighted by Crippen LogP contribution is 2.32. The monoisotopic (exact) mass is 409 g/mol. The van der Waals surface area contributed by atoms with Crippen LogP contribution in [0.3, 0.4) is 0 Å². The maximum atomic E-state index is 13.5. The van der Waals surface area contributed by atoms with Gasteiger partial charge in [0.1, 0.15) is 11.9 Å². The zero-order valence-corrected chi connectivity index (χ0v) is 17.2. The average Bonchev–Trinajstić information content (AvgIpc) is 3.16. The Hall–Kier alpha value is -2.90. The first-order chi connectivity index (χ1) is 14.0. The smallest absolute Gasteiger partial charge is 0.224 e. The van der Waals surface area contributed by atoms with Crippen molar-refractivity contribution in [2.75, 3.05) is 13.1 Å². The third kappa shape index (κ3) is 3.71. The van der Waals surface area contributed by atoms with Crippen LogP contribution in [0.5, 0.6) is 5.75 Å². The maximum absolute atomic E-state index is 13.5. The number of ether oxygens (including phenoxy) is 1. The van der Waals surface area contributed by atoms with Crippen molar-refractivity contribution in [3.8, 4) is 5.75 Å². The van der Waals surface area contributed by atoms with E-state index in [1.807, 2.05) is 44.2 Å². The zero-order valence-electron chi connectivity index (χ0n) is 16.3. The molecule has 3 aromatic carbocycles. The molecule has 1 aromatic heterocycles. The molecular formula is C22H23N3O3S. The van der Waals surface area contributed by atoms with E-state index in [0.717, 1.165) is 11.9 Å². The fourth-order valence-electron chi connectivity index (χ4n) is 3.41. The number of hydrogen-bond acceptors (Lipinski definition) is 5. The number of rotatable bonds is 7. The summed E-state index contributed by atoms with van der Waals surface area (Å²) in [6.07, 6.45) is -0.0441. The van der Waals surface area contributed by atoms with Crippen molar-refractivity contribution >= 4 is 31.5 Å². The van der Waals surface area contributed by atoms with Crippen LogP contribution in [0.25, 0.3) is 21.7 Å². The quantitative estimate of drug-likeness (QED) is 0.483. The molecule has 0 aliphatic rings. The lowest BCUT2D eigenvalue weighted by Gasteiger charge is -2.15. The van der Waals surface area contributed by atoms with E-state index >= 15 is 0 Å². The summed E-state index contributed by atoms with van der Waals surface area (Å²) in [5, 5.41) is 12.3. The van der Waals surface area contributed by atoms with Gasteiger partial charge in [-0.3, -0.25) is 5.10 Å². The standard InChI is InChI=1S/C22H23N3O3S/c1-3-23-14-15(2)28-17-11-12-20-19(13-17)22(25-24-20)29(26,27)21-10-6-8-16-7-4-5-9-18(16)21/h4-13,15,23H,3,14H2,1-2H3,(H,24,25). The second kappa shape index (κ2) is 7.85.